The fourth-order valence-electron chi connectivity index (χ4n) is 2.33. The summed E-state index contributed by atoms with van der Waals surface area (Å²) >= 11 is 0. The Balaban J connectivity index is 1.99. The monoisotopic (exact) mass is 251 g/mol. The van der Waals surface area contributed by atoms with Gasteiger partial charge in [-0.05, 0) is 43.5 Å². The highest BCUT2D eigenvalue weighted by Crippen LogP contribution is 2.27. The van der Waals surface area contributed by atoms with Gasteiger partial charge < -0.3 is 10.0 Å². The summed E-state index contributed by atoms with van der Waals surface area (Å²) in [5.74, 6) is -1.11. The predicted octanol–water partition coefficient (Wildman–Crippen LogP) is 2.76. The second-order valence-corrected chi connectivity index (χ2v) is 5.11. The van der Waals surface area contributed by atoms with Crippen molar-refractivity contribution >= 4 is 5.97 Å². The van der Waals surface area contributed by atoms with E-state index in [0.29, 0.717) is 6.54 Å². The van der Waals surface area contributed by atoms with Crippen LogP contribution in [0.2, 0.25) is 0 Å². The maximum Gasteiger partial charge on any atom is 0.338 e. The number of nitrogens with zero attached hydrogens (tertiary/aromatic N) is 1. The van der Waals surface area contributed by atoms with Crippen LogP contribution in [0.1, 0.15) is 35.2 Å². The number of benzene rings is 1. The molecular formula is C14H18FNO2. The predicted molar refractivity (Wildman–Crippen MR) is 67.0 cm³/mol. The largest absolute Gasteiger partial charge is 0.478 e. The Bertz CT molecular complexity index is 443. The van der Waals surface area contributed by atoms with Crippen LogP contribution in [0.5, 0.6) is 0 Å². The van der Waals surface area contributed by atoms with Gasteiger partial charge in [0.15, 0.2) is 0 Å². The van der Waals surface area contributed by atoms with E-state index in [4.69, 9.17) is 5.11 Å². The Morgan fingerprint density at radius 3 is 2.78 bits per heavy atom. The minimum absolute atomic E-state index is 0.246. The summed E-state index contributed by atoms with van der Waals surface area (Å²) in [6.45, 7) is 1.69. The topological polar surface area (TPSA) is 40.5 Å². The molecule has 4 heteroatoms. The summed E-state index contributed by atoms with van der Waals surface area (Å²) in [5, 5.41) is 8.86. The van der Waals surface area contributed by atoms with Crippen LogP contribution in [-0.4, -0.2) is 29.6 Å². The molecule has 0 aliphatic heterocycles. The van der Waals surface area contributed by atoms with Crippen molar-refractivity contribution in [1.82, 2.24) is 4.90 Å². The van der Waals surface area contributed by atoms with Gasteiger partial charge in [-0.2, -0.15) is 0 Å². The number of carboxylic acid groups (broad SMARTS) is 1. The van der Waals surface area contributed by atoms with Crippen LogP contribution in [0.15, 0.2) is 18.2 Å². The van der Waals surface area contributed by atoms with Crippen molar-refractivity contribution in [3.8, 4) is 0 Å². The zero-order chi connectivity index (χ0) is 13.1. The smallest absolute Gasteiger partial charge is 0.338 e. The molecule has 3 nitrogen and oxygen atoms in total. The summed E-state index contributed by atoms with van der Waals surface area (Å²) in [7, 11) is 2.02. The van der Waals surface area contributed by atoms with Crippen LogP contribution in [-0.2, 0) is 6.54 Å². The van der Waals surface area contributed by atoms with Gasteiger partial charge in [0.1, 0.15) is 5.82 Å². The van der Waals surface area contributed by atoms with Crippen LogP contribution < -0.4 is 0 Å². The van der Waals surface area contributed by atoms with E-state index < -0.39 is 11.8 Å². The highest BCUT2D eigenvalue weighted by Gasteiger charge is 2.19. The molecule has 98 valence electrons. The number of hydrogen-bond donors (Lipinski definition) is 1. The van der Waals surface area contributed by atoms with E-state index in [2.05, 4.69) is 4.90 Å². The quantitative estimate of drug-likeness (QED) is 0.874. The molecule has 1 saturated carbocycles. The van der Waals surface area contributed by atoms with E-state index in [1.165, 1.54) is 31.4 Å². The molecule has 0 bridgehead atoms. The molecule has 1 aliphatic rings. The van der Waals surface area contributed by atoms with Gasteiger partial charge in [0.25, 0.3) is 0 Å². The molecule has 0 amide bonds. The second-order valence-electron chi connectivity index (χ2n) is 5.11. The van der Waals surface area contributed by atoms with Gasteiger partial charge in [-0.3, -0.25) is 0 Å². The Labute approximate surface area is 106 Å². The SMILES string of the molecule is CN(Cc1ccc(F)c(C(=O)O)c1)CC1CCC1. The van der Waals surface area contributed by atoms with Gasteiger partial charge >= 0.3 is 5.97 Å². The highest BCUT2D eigenvalue weighted by molar-refractivity contribution is 5.88. The maximum absolute atomic E-state index is 13.2. The van der Waals surface area contributed by atoms with Crippen LogP contribution in [0, 0.1) is 11.7 Å². The molecule has 1 aliphatic carbocycles. The lowest BCUT2D eigenvalue weighted by Gasteiger charge is -2.30. The van der Waals surface area contributed by atoms with Crippen molar-refractivity contribution in [2.75, 3.05) is 13.6 Å². The molecule has 0 atom stereocenters. The summed E-state index contributed by atoms with van der Waals surface area (Å²) in [6.07, 6.45) is 3.89. The first-order chi connectivity index (χ1) is 8.56. The first kappa shape index (κ1) is 13.0. The van der Waals surface area contributed by atoms with Crippen molar-refractivity contribution in [2.45, 2.75) is 25.8 Å². The zero-order valence-electron chi connectivity index (χ0n) is 10.5. The van der Waals surface area contributed by atoms with Crippen molar-refractivity contribution in [2.24, 2.45) is 5.92 Å². The Kier molecular flexibility index (Phi) is 3.97. The van der Waals surface area contributed by atoms with Gasteiger partial charge in [0.05, 0.1) is 5.56 Å². The molecule has 1 fully saturated rings. The molecule has 0 heterocycles. The minimum atomic E-state index is -1.21. The standard InChI is InChI=1S/C14H18FNO2/c1-16(8-10-3-2-4-10)9-11-5-6-13(15)12(7-11)14(17)18/h5-7,10H,2-4,8-9H2,1H3,(H,17,18). The number of aromatic carboxylic acids is 1. The number of halogens is 1. The third-order valence-corrected chi connectivity index (χ3v) is 3.51. The van der Waals surface area contributed by atoms with E-state index in [0.717, 1.165) is 18.0 Å². The van der Waals surface area contributed by atoms with Crippen molar-refractivity contribution in [3.63, 3.8) is 0 Å². The average Bonchev–Trinajstić information content (AvgIpc) is 2.26. The first-order valence-electron chi connectivity index (χ1n) is 6.26. The third-order valence-electron chi connectivity index (χ3n) is 3.51. The van der Waals surface area contributed by atoms with E-state index in [1.54, 1.807) is 6.07 Å². The molecule has 2 rings (SSSR count). The Hall–Kier alpha value is -1.42. The van der Waals surface area contributed by atoms with Crippen molar-refractivity contribution in [3.05, 3.63) is 35.1 Å². The van der Waals surface area contributed by atoms with E-state index in [-0.39, 0.29) is 5.56 Å². The van der Waals surface area contributed by atoms with E-state index in [1.807, 2.05) is 7.05 Å². The van der Waals surface area contributed by atoms with Gasteiger partial charge in [0, 0.05) is 13.1 Å². The molecule has 1 aromatic rings. The summed E-state index contributed by atoms with van der Waals surface area (Å²) < 4.78 is 13.2. The highest BCUT2D eigenvalue weighted by atomic mass is 19.1. The third kappa shape index (κ3) is 3.07. The fraction of sp³-hybridized carbons (Fsp3) is 0.500. The lowest BCUT2D eigenvalue weighted by atomic mass is 9.85. The van der Waals surface area contributed by atoms with Crippen LogP contribution in [0.4, 0.5) is 4.39 Å². The fourth-order valence-corrected chi connectivity index (χ4v) is 2.33. The second kappa shape index (κ2) is 5.48. The molecule has 1 aromatic carbocycles. The molecule has 0 radical (unpaired) electrons. The van der Waals surface area contributed by atoms with Gasteiger partial charge in [0.2, 0.25) is 0 Å². The number of carboxylic acids is 1. The summed E-state index contributed by atoms with van der Waals surface area (Å²) in [5.41, 5.74) is 0.597. The summed E-state index contributed by atoms with van der Waals surface area (Å²) in [4.78, 5) is 13.0. The van der Waals surface area contributed by atoms with E-state index >= 15 is 0 Å². The average molecular weight is 251 g/mol. The zero-order valence-corrected chi connectivity index (χ0v) is 10.5. The van der Waals surface area contributed by atoms with Crippen LogP contribution in [0.25, 0.3) is 0 Å². The van der Waals surface area contributed by atoms with Crippen LogP contribution in [0.3, 0.4) is 0 Å². The molecule has 0 spiro atoms. The molecule has 0 saturated heterocycles. The number of hydrogen-bond acceptors (Lipinski definition) is 2. The first-order valence-corrected chi connectivity index (χ1v) is 6.26. The Morgan fingerprint density at radius 2 is 2.22 bits per heavy atom. The molecule has 1 N–H and O–H groups in total. The van der Waals surface area contributed by atoms with Crippen molar-refractivity contribution in [1.29, 1.82) is 0 Å². The lowest BCUT2D eigenvalue weighted by Crippen LogP contribution is -2.29. The number of carbonyl (C=O) groups is 1. The lowest BCUT2D eigenvalue weighted by molar-refractivity contribution is 0.0691. The summed E-state index contributed by atoms with van der Waals surface area (Å²) in [6, 6.07) is 4.31. The number of rotatable bonds is 5. The van der Waals surface area contributed by atoms with Crippen LogP contribution >= 0.6 is 0 Å². The molecule has 18 heavy (non-hydrogen) atoms. The normalized spacial score (nSPS) is 15.7. The van der Waals surface area contributed by atoms with Gasteiger partial charge in [-0.25, -0.2) is 9.18 Å². The Morgan fingerprint density at radius 1 is 1.50 bits per heavy atom. The van der Waals surface area contributed by atoms with Gasteiger partial charge in [-0.1, -0.05) is 12.5 Å². The molecule has 0 aromatic heterocycles. The maximum atomic E-state index is 13.2. The molecule has 0 unspecified atom stereocenters. The molecular weight excluding hydrogens is 233 g/mol. The van der Waals surface area contributed by atoms with Crippen molar-refractivity contribution < 1.29 is 14.3 Å². The van der Waals surface area contributed by atoms with Gasteiger partial charge in [-0.15, -0.1) is 0 Å². The minimum Gasteiger partial charge on any atom is -0.478 e. The van der Waals surface area contributed by atoms with E-state index in [9.17, 15) is 9.18 Å².